The average molecular weight is 715 g/mol. The summed E-state index contributed by atoms with van der Waals surface area (Å²) in [5.41, 5.74) is -3.38. The van der Waals surface area contributed by atoms with Crippen LogP contribution in [0.1, 0.15) is 33.6 Å². The number of likely N-dealkylation sites (tertiary alicyclic amines) is 1. The summed E-state index contributed by atoms with van der Waals surface area (Å²) >= 11 is 1.90. The second-order valence-electron chi connectivity index (χ2n) is 11.2. The lowest BCUT2D eigenvalue weighted by Crippen LogP contribution is -2.43. The molecule has 0 spiro atoms. The first-order valence-electron chi connectivity index (χ1n) is 13.5. The van der Waals surface area contributed by atoms with Crippen molar-refractivity contribution < 1.29 is 33.0 Å². The summed E-state index contributed by atoms with van der Waals surface area (Å²) in [7, 11) is 1.24. The van der Waals surface area contributed by atoms with Gasteiger partial charge in [-0.15, -0.1) is 0 Å². The molecule has 3 heterocycles. The zero-order chi connectivity index (χ0) is 31.6. The third-order valence-electron chi connectivity index (χ3n) is 6.79. The van der Waals surface area contributed by atoms with Crippen LogP contribution in [0.4, 0.5) is 25.0 Å². The van der Waals surface area contributed by atoms with E-state index in [9.17, 15) is 28.7 Å². The molecule has 1 atom stereocenters. The molecule has 2 N–H and O–H groups in total. The van der Waals surface area contributed by atoms with Gasteiger partial charge in [0, 0.05) is 23.7 Å². The predicted octanol–water partition coefficient (Wildman–Crippen LogP) is 3.27. The van der Waals surface area contributed by atoms with Gasteiger partial charge < -0.3 is 24.8 Å². The highest BCUT2D eigenvalue weighted by molar-refractivity contribution is 14.1. The topological polar surface area (TPSA) is 145 Å². The Morgan fingerprint density at radius 2 is 1.86 bits per heavy atom. The predicted molar refractivity (Wildman–Crippen MR) is 161 cm³/mol. The molecule has 0 saturated carbocycles. The van der Waals surface area contributed by atoms with E-state index in [4.69, 9.17) is 9.47 Å². The Labute approximate surface area is 258 Å². The van der Waals surface area contributed by atoms with Crippen molar-refractivity contribution in [2.75, 3.05) is 25.0 Å². The Bertz CT molecular complexity index is 1660. The lowest BCUT2D eigenvalue weighted by molar-refractivity contribution is -0.153. The number of amides is 1. The lowest BCUT2D eigenvalue weighted by Gasteiger charge is -2.32. The number of aromatic nitrogens is 3. The van der Waals surface area contributed by atoms with E-state index in [1.54, 1.807) is 26.8 Å². The normalized spacial score (nSPS) is 14.9. The molecular formula is C28H32F2IN5O7. The van der Waals surface area contributed by atoms with Gasteiger partial charge in [-0.1, -0.05) is 0 Å². The van der Waals surface area contributed by atoms with E-state index in [0.717, 1.165) is 15.5 Å². The van der Waals surface area contributed by atoms with Crippen molar-refractivity contribution in [3.05, 3.63) is 60.4 Å². The van der Waals surface area contributed by atoms with Crippen molar-refractivity contribution in [3.63, 3.8) is 0 Å². The molecule has 15 heteroatoms. The maximum Gasteiger partial charge on any atom is 0.410 e. The van der Waals surface area contributed by atoms with Crippen LogP contribution in [0, 0.1) is 21.1 Å². The van der Waals surface area contributed by atoms with Crippen LogP contribution >= 0.6 is 22.6 Å². The molecule has 1 aromatic carbocycles. The lowest BCUT2D eigenvalue weighted by atomic mass is 9.97. The monoisotopic (exact) mass is 715 g/mol. The van der Waals surface area contributed by atoms with Crippen LogP contribution in [0.5, 0.6) is 0 Å². The van der Waals surface area contributed by atoms with Crippen LogP contribution in [0.25, 0.3) is 11.0 Å². The van der Waals surface area contributed by atoms with Crippen molar-refractivity contribution in [2.24, 2.45) is 13.0 Å². The Hall–Kier alpha value is -3.60. The number of ether oxygens (including phenoxy) is 2. The summed E-state index contributed by atoms with van der Waals surface area (Å²) in [5, 5.41) is 12.7. The molecule has 0 unspecified atom stereocenters. The molecule has 1 aliphatic rings. The number of aliphatic hydroxyl groups is 1. The maximum absolute atomic E-state index is 15.2. The zero-order valence-corrected chi connectivity index (χ0v) is 26.2. The molecule has 1 aliphatic heterocycles. The third kappa shape index (κ3) is 7.49. The second kappa shape index (κ2) is 13.0. The average Bonchev–Trinajstić information content (AvgIpc) is 2.94. The molecular weight excluding hydrogens is 683 g/mol. The SMILES string of the molecule is Cn1c(=O)c(F)c(Nc2ccc(I)cc2F)c2c(=O)n(C[C@@H](O)COC(=O)C3CCN(C(=O)OC(C)(C)C)CC3)cnc21. The number of nitrogens with zero attached hydrogens (tertiary/aromatic N) is 4. The number of anilines is 2. The van der Waals surface area contributed by atoms with Crippen LogP contribution in [0.2, 0.25) is 0 Å². The number of aryl methyl sites for hydroxylation is 1. The summed E-state index contributed by atoms with van der Waals surface area (Å²) in [6.45, 7) is 5.14. The van der Waals surface area contributed by atoms with Crippen LogP contribution in [0.15, 0.2) is 34.1 Å². The first-order chi connectivity index (χ1) is 20.2. The molecule has 4 rings (SSSR count). The molecule has 43 heavy (non-hydrogen) atoms. The van der Waals surface area contributed by atoms with E-state index in [1.165, 1.54) is 24.1 Å². The minimum Gasteiger partial charge on any atom is -0.463 e. The highest BCUT2D eigenvalue weighted by Crippen LogP contribution is 2.27. The van der Waals surface area contributed by atoms with E-state index in [0.29, 0.717) is 29.5 Å². The number of pyridine rings is 1. The Morgan fingerprint density at radius 1 is 1.19 bits per heavy atom. The molecule has 232 valence electrons. The number of hydrogen-bond acceptors (Lipinski definition) is 9. The summed E-state index contributed by atoms with van der Waals surface area (Å²) in [6, 6.07) is 4.10. The number of carbonyl (C=O) groups excluding carboxylic acids is 2. The molecule has 0 radical (unpaired) electrons. The number of fused-ring (bicyclic) bond motifs is 1. The first kappa shape index (κ1) is 32.3. The fourth-order valence-corrected chi connectivity index (χ4v) is 5.04. The van der Waals surface area contributed by atoms with Gasteiger partial charge in [-0.2, -0.15) is 4.39 Å². The molecule has 1 amide bonds. The van der Waals surface area contributed by atoms with E-state index in [1.807, 2.05) is 22.6 Å². The van der Waals surface area contributed by atoms with Gasteiger partial charge in [-0.3, -0.25) is 23.5 Å². The molecule has 2 aromatic heterocycles. The Balaban J connectivity index is 1.46. The van der Waals surface area contributed by atoms with Gasteiger partial charge >= 0.3 is 12.1 Å². The van der Waals surface area contributed by atoms with Crippen molar-refractivity contribution in [2.45, 2.75) is 51.9 Å². The number of esters is 1. The maximum atomic E-state index is 15.2. The van der Waals surface area contributed by atoms with Crippen LogP contribution in [0.3, 0.4) is 0 Å². The molecule has 0 aliphatic carbocycles. The second-order valence-corrected chi connectivity index (χ2v) is 12.5. The number of nitrogens with one attached hydrogen (secondary N) is 1. The quantitative estimate of drug-likeness (QED) is 0.278. The molecule has 0 bridgehead atoms. The van der Waals surface area contributed by atoms with Crippen molar-refractivity contribution >= 4 is 57.1 Å². The van der Waals surface area contributed by atoms with Crippen LogP contribution < -0.4 is 16.4 Å². The van der Waals surface area contributed by atoms with Crippen LogP contribution in [-0.2, 0) is 27.9 Å². The summed E-state index contributed by atoms with van der Waals surface area (Å²) in [4.78, 5) is 56.4. The number of aliphatic hydroxyl groups excluding tert-OH is 1. The fraction of sp³-hybridized carbons (Fsp3) is 0.464. The Morgan fingerprint density at radius 3 is 2.49 bits per heavy atom. The standard InChI is InChI=1S/C28H32F2IN5O7/c1-28(2,3)43-27(41)35-9-7-15(8-10-35)26(40)42-13-17(37)12-36-14-32-23-20(24(36)38)22(21(30)25(39)34(23)4)33-19-6-5-16(31)11-18(19)29/h5-6,11,14-15,17,33,37H,7-10,12-13H2,1-4H3/t17-/m1/s1. The Kier molecular flexibility index (Phi) is 9.73. The summed E-state index contributed by atoms with van der Waals surface area (Å²) < 4.78 is 42.8. The van der Waals surface area contributed by atoms with Gasteiger partial charge in [0.15, 0.2) is 5.65 Å². The third-order valence-corrected chi connectivity index (χ3v) is 7.46. The summed E-state index contributed by atoms with van der Waals surface area (Å²) in [6.07, 6.45) is 0.0260. The number of carbonyl (C=O) groups is 2. The molecule has 12 nitrogen and oxygen atoms in total. The fourth-order valence-electron chi connectivity index (χ4n) is 4.59. The van der Waals surface area contributed by atoms with E-state index < -0.39 is 64.7 Å². The van der Waals surface area contributed by atoms with Crippen molar-refractivity contribution in [1.29, 1.82) is 0 Å². The number of halogens is 3. The molecule has 3 aromatic rings. The number of benzene rings is 1. The number of rotatable bonds is 7. The highest BCUT2D eigenvalue weighted by Gasteiger charge is 2.31. The van der Waals surface area contributed by atoms with E-state index in [-0.39, 0.29) is 23.3 Å². The number of hydrogen-bond donors (Lipinski definition) is 2. The van der Waals surface area contributed by atoms with Gasteiger partial charge in [-0.25, -0.2) is 14.2 Å². The van der Waals surface area contributed by atoms with Gasteiger partial charge in [0.05, 0.1) is 23.8 Å². The van der Waals surface area contributed by atoms with Gasteiger partial charge in [0.1, 0.15) is 35.8 Å². The van der Waals surface area contributed by atoms with Gasteiger partial charge in [0.25, 0.3) is 11.1 Å². The van der Waals surface area contributed by atoms with Gasteiger partial charge in [-0.05, 0) is 74.4 Å². The molecule has 1 fully saturated rings. The van der Waals surface area contributed by atoms with Crippen molar-refractivity contribution in [1.82, 2.24) is 19.0 Å². The minimum atomic E-state index is -1.33. The zero-order valence-electron chi connectivity index (χ0n) is 24.0. The minimum absolute atomic E-state index is 0.153. The van der Waals surface area contributed by atoms with E-state index >= 15 is 4.39 Å². The molecule has 1 saturated heterocycles. The van der Waals surface area contributed by atoms with Crippen molar-refractivity contribution in [3.8, 4) is 0 Å². The summed E-state index contributed by atoms with van der Waals surface area (Å²) in [5.74, 6) is -3.06. The van der Waals surface area contributed by atoms with Crippen LogP contribution in [-0.4, -0.2) is 67.6 Å². The number of piperidine rings is 1. The van der Waals surface area contributed by atoms with E-state index in [2.05, 4.69) is 10.3 Å². The first-order valence-corrected chi connectivity index (χ1v) is 14.6. The van der Waals surface area contributed by atoms with Gasteiger partial charge in [0.2, 0.25) is 5.82 Å². The highest BCUT2D eigenvalue weighted by atomic mass is 127. The largest absolute Gasteiger partial charge is 0.463 e. The smallest absolute Gasteiger partial charge is 0.410 e.